The number of methoxy groups -OCH3 is 1. The van der Waals surface area contributed by atoms with E-state index in [4.69, 9.17) is 4.74 Å². The lowest BCUT2D eigenvalue weighted by Crippen LogP contribution is -2.43. The largest absolute Gasteiger partial charge is 0.379 e. The fourth-order valence-electron chi connectivity index (χ4n) is 1.11. The van der Waals surface area contributed by atoms with E-state index in [1.165, 1.54) is 0 Å². The molecule has 0 aliphatic rings. The summed E-state index contributed by atoms with van der Waals surface area (Å²) in [7, 11) is 1.70. The summed E-state index contributed by atoms with van der Waals surface area (Å²) in [5.74, 6) is 0.0488. The summed E-state index contributed by atoms with van der Waals surface area (Å²) in [5, 5.41) is 5.94. The van der Waals surface area contributed by atoms with Gasteiger partial charge in [0.25, 0.3) is 0 Å². The molecule has 0 aromatic heterocycles. The molecule has 0 bridgehead atoms. The van der Waals surface area contributed by atoms with Gasteiger partial charge in [0.1, 0.15) is 0 Å². The Bertz CT molecular complexity index is 193. The summed E-state index contributed by atoms with van der Waals surface area (Å²) in [6, 6.07) is -0.141. The Hall–Kier alpha value is -0.610. The molecule has 1 atom stereocenters. The molecule has 1 amide bonds. The van der Waals surface area contributed by atoms with Gasteiger partial charge in [-0.05, 0) is 40.7 Å². The van der Waals surface area contributed by atoms with Crippen LogP contribution in [0.5, 0.6) is 0 Å². The Kier molecular flexibility index (Phi) is 6.52. The molecular formula is C11H24N2O2. The zero-order chi connectivity index (χ0) is 11.9. The van der Waals surface area contributed by atoms with Crippen molar-refractivity contribution in [2.24, 2.45) is 0 Å². The molecule has 0 saturated heterocycles. The van der Waals surface area contributed by atoms with Crippen molar-refractivity contribution in [2.45, 2.75) is 45.8 Å². The molecule has 0 radical (unpaired) electrons. The van der Waals surface area contributed by atoms with Gasteiger partial charge in [-0.1, -0.05) is 0 Å². The maximum atomic E-state index is 11.4. The van der Waals surface area contributed by atoms with E-state index in [1.807, 2.05) is 27.7 Å². The number of rotatable bonds is 7. The maximum Gasteiger partial charge on any atom is 0.236 e. The average molecular weight is 216 g/mol. The summed E-state index contributed by atoms with van der Waals surface area (Å²) < 4.78 is 5.29. The Labute approximate surface area is 92.8 Å². The Morgan fingerprint density at radius 2 is 2.07 bits per heavy atom. The summed E-state index contributed by atoms with van der Waals surface area (Å²) in [6.07, 6.45) is 0.882. The molecule has 2 N–H and O–H groups in total. The average Bonchev–Trinajstić information content (AvgIpc) is 2.18. The molecule has 0 aliphatic carbocycles. The predicted octanol–water partition coefficient (Wildman–Crippen LogP) is 0.916. The first-order valence-corrected chi connectivity index (χ1v) is 5.49. The highest BCUT2D eigenvalue weighted by atomic mass is 16.5. The molecule has 0 heterocycles. The summed E-state index contributed by atoms with van der Waals surface area (Å²) in [4.78, 5) is 11.4. The molecule has 1 unspecified atom stereocenters. The normalized spacial score (nSPS) is 13.7. The zero-order valence-electron chi connectivity index (χ0n) is 10.5. The molecule has 0 rings (SSSR count). The van der Waals surface area contributed by atoms with E-state index in [1.54, 1.807) is 7.11 Å². The van der Waals surface area contributed by atoms with Crippen molar-refractivity contribution in [3.8, 4) is 0 Å². The van der Waals surface area contributed by atoms with E-state index >= 15 is 0 Å². The van der Waals surface area contributed by atoms with E-state index < -0.39 is 0 Å². The minimum atomic E-state index is -0.141. The molecule has 0 aromatic carbocycles. The second-order valence-electron chi connectivity index (χ2n) is 4.28. The van der Waals surface area contributed by atoms with Crippen molar-refractivity contribution >= 4 is 5.91 Å². The van der Waals surface area contributed by atoms with Crippen LogP contribution in [0.15, 0.2) is 0 Å². The lowest BCUT2D eigenvalue weighted by molar-refractivity contribution is -0.122. The number of amides is 1. The van der Waals surface area contributed by atoms with Crippen LogP contribution < -0.4 is 10.6 Å². The van der Waals surface area contributed by atoms with Gasteiger partial charge in [0.15, 0.2) is 0 Å². The Morgan fingerprint density at radius 1 is 1.47 bits per heavy atom. The van der Waals surface area contributed by atoms with Gasteiger partial charge in [-0.25, -0.2) is 0 Å². The van der Waals surface area contributed by atoms with Gasteiger partial charge in [-0.2, -0.15) is 0 Å². The third-order valence-corrected chi connectivity index (χ3v) is 2.47. The number of nitrogens with one attached hydrogen (secondary N) is 2. The number of hydrogen-bond acceptors (Lipinski definition) is 3. The third kappa shape index (κ3) is 6.47. The molecule has 15 heavy (non-hydrogen) atoms. The van der Waals surface area contributed by atoms with Crippen molar-refractivity contribution in [2.75, 3.05) is 20.2 Å². The van der Waals surface area contributed by atoms with E-state index in [2.05, 4.69) is 10.6 Å². The van der Waals surface area contributed by atoms with Crippen molar-refractivity contribution in [3.63, 3.8) is 0 Å². The van der Waals surface area contributed by atoms with E-state index in [9.17, 15) is 4.79 Å². The van der Waals surface area contributed by atoms with Gasteiger partial charge in [0.2, 0.25) is 5.91 Å². The first-order chi connectivity index (χ1) is 6.93. The van der Waals surface area contributed by atoms with E-state index in [0.29, 0.717) is 6.54 Å². The monoisotopic (exact) mass is 216 g/mol. The highest BCUT2D eigenvalue weighted by Crippen LogP contribution is 2.11. The molecule has 4 nitrogen and oxygen atoms in total. The van der Waals surface area contributed by atoms with Crippen LogP contribution in [0.3, 0.4) is 0 Å². The lowest BCUT2D eigenvalue weighted by Gasteiger charge is -2.23. The van der Waals surface area contributed by atoms with Crippen LogP contribution in [-0.4, -0.2) is 37.7 Å². The molecule has 0 spiro atoms. The van der Waals surface area contributed by atoms with Crippen molar-refractivity contribution in [1.82, 2.24) is 10.6 Å². The van der Waals surface area contributed by atoms with Crippen molar-refractivity contribution in [1.29, 1.82) is 0 Å². The molecule has 0 fully saturated rings. The van der Waals surface area contributed by atoms with Crippen LogP contribution in [0.25, 0.3) is 0 Å². The summed E-state index contributed by atoms with van der Waals surface area (Å²) in [5.41, 5.74) is -0.131. The van der Waals surface area contributed by atoms with Gasteiger partial charge in [0, 0.05) is 13.7 Å². The van der Waals surface area contributed by atoms with Crippen LogP contribution in [0.2, 0.25) is 0 Å². The van der Waals surface area contributed by atoms with Crippen LogP contribution in [0.4, 0.5) is 0 Å². The minimum Gasteiger partial charge on any atom is -0.379 e. The molecule has 0 saturated carbocycles. The predicted molar refractivity (Wildman–Crippen MR) is 61.9 cm³/mol. The fraction of sp³-hybridized carbons (Fsp3) is 0.909. The van der Waals surface area contributed by atoms with Crippen LogP contribution in [-0.2, 0) is 9.53 Å². The van der Waals surface area contributed by atoms with E-state index in [0.717, 1.165) is 13.0 Å². The Balaban J connectivity index is 3.72. The standard InChI is InChI=1S/C11H24N2O2/c1-6-12-10(14)9(2)13-8-7-11(3,4)15-5/h9,13H,6-8H2,1-5H3,(H,12,14). The number of ether oxygens (including phenoxy) is 1. The highest BCUT2D eigenvalue weighted by Gasteiger charge is 2.17. The summed E-state index contributed by atoms with van der Waals surface area (Å²) in [6.45, 7) is 9.30. The number of likely N-dealkylation sites (N-methyl/N-ethyl adjacent to an activating group) is 1. The second-order valence-corrected chi connectivity index (χ2v) is 4.28. The van der Waals surface area contributed by atoms with Gasteiger partial charge in [-0.15, -0.1) is 0 Å². The number of carbonyl (C=O) groups excluding carboxylic acids is 1. The van der Waals surface area contributed by atoms with Gasteiger partial charge in [-0.3, -0.25) is 4.79 Å². The smallest absolute Gasteiger partial charge is 0.236 e. The van der Waals surface area contributed by atoms with Gasteiger partial charge < -0.3 is 15.4 Å². The molecule has 90 valence electrons. The molecule has 4 heteroatoms. The van der Waals surface area contributed by atoms with Crippen LogP contribution >= 0.6 is 0 Å². The lowest BCUT2D eigenvalue weighted by atomic mass is 10.1. The summed E-state index contributed by atoms with van der Waals surface area (Å²) >= 11 is 0. The van der Waals surface area contributed by atoms with E-state index in [-0.39, 0.29) is 17.6 Å². The topological polar surface area (TPSA) is 50.4 Å². The third-order valence-electron chi connectivity index (χ3n) is 2.47. The molecular weight excluding hydrogens is 192 g/mol. The second kappa shape index (κ2) is 6.80. The van der Waals surface area contributed by atoms with Crippen LogP contribution in [0, 0.1) is 0 Å². The number of hydrogen-bond donors (Lipinski definition) is 2. The quantitative estimate of drug-likeness (QED) is 0.665. The fourth-order valence-corrected chi connectivity index (χ4v) is 1.11. The SMILES string of the molecule is CCNC(=O)C(C)NCCC(C)(C)OC. The first-order valence-electron chi connectivity index (χ1n) is 5.49. The highest BCUT2D eigenvalue weighted by molar-refractivity contribution is 5.81. The molecule has 0 aromatic rings. The zero-order valence-corrected chi connectivity index (χ0v) is 10.5. The van der Waals surface area contributed by atoms with Crippen LogP contribution in [0.1, 0.15) is 34.1 Å². The minimum absolute atomic E-state index is 0.0488. The van der Waals surface area contributed by atoms with Crippen molar-refractivity contribution < 1.29 is 9.53 Å². The molecule has 0 aliphatic heterocycles. The maximum absolute atomic E-state index is 11.4. The Morgan fingerprint density at radius 3 is 2.53 bits per heavy atom. The number of carbonyl (C=O) groups is 1. The first kappa shape index (κ1) is 14.4. The van der Waals surface area contributed by atoms with Gasteiger partial charge >= 0.3 is 0 Å². The van der Waals surface area contributed by atoms with Crippen molar-refractivity contribution in [3.05, 3.63) is 0 Å². The van der Waals surface area contributed by atoms with Gasteiger partial charge in [0.05, 0.1) is 11.6 Å².